The smallest absolute Gasteiger partial charge is 0.220 e. The first kappa shape index (κ1) is 12.4. The maximum atomic E-state index is 11.3. The summed E-state index contributed by atoms with van der Waals surface area (Å²) in [6.45, 7) is 5.96. The lowest BCUT2D eigenvalue weighted by Gasteiger charge is -2.17. The van der Waals surface area contributed by atoms with Crippen molar-refractivity contribution in [2.75, 3.05) is 0 Å². The van der Waals surface area contributed by atoms with E-state index in [4.69, 9.17) is 5.73 Å². The summed E-state index contributed by atoms with van der Waals surface area (Å²) in [5, 5.41) is 2.87. The summed E-state index contributed by atoms with van der Waals surface area (Å²) in [6, 6.07) is 0.101. The Hall–Kier alpha value is -0.570. The molecule has 0 aromatic carbocycles. The first-order valence-corrected chi connectivity index (χ1v) is 5.12. The molecule has 3 heteroatoms. The van der Waals surface area contributed by atoms with Gasteiger partial charge in [0.1, 0.15) is 0 Å². The third-order valence-corrected chi connectivity index (χ3v) is 2.18. The van der Waals surface area contributed by atoms with E-state index in [0.717, 1.165) is 19.3 Å². The number of hydrogen-bond donors (Lipinski definition) is 2. The second-order valence-electron chi connectivity index (χ2n) is 3.67. The van der Waals surface area contributed by atoms with Crippen LogP contribution in [0.25, 0.3) is 0 Å². The van der Waals surface area contributed by atoms with E-state index in [-0.39, 0.29) is 18.0 Å². The molecule has 3 N–H and O–H groups in total. The fourth-order valence-corrected chi connectivity index (χ4v) is 0.993. The molecule has 0 aromatic rings. The summed E-state index contributed by atoms with van der Waals surface area (Å²) in [7, 11) is 0. The van der Waals surface area contributed by atoms with Gasteiger partial charge in [-0.25, -0.2) is 0 Å². The highest BCUT2D eigenvalue weighted by Crippen LogP contribution is 1.99. The SMILES string of the molecule is CCCCCC(=O)NC(C)C(C)N. The number of nitrogens with one attached hydrogen (secondary N) is 1. The molecule has 0 heterocycles. The Bertz CT molecular complexity index is 146. The Morgan fingerprint density at radius 2 is 2.00 bits per heavy atom. The molecule has 0 fully saturated rings. The Morgan fingerprint density at radius 3 is 2.46 bits per heavy atom. The van der Waals surface area contributed by atoms with Crippen LogP contribution >= 0.6 is 0 Å². The number of unbranched alkanes of at least 4 members (excludes halogenated alkanes) is 2. The second kappa shape index (κ2) is 6.89. The highest BCUT2D eigenvalue weighted by molar-refractivity contribution is 5.76. The van der Waals surface area contributed by atoms with E-state index >= 15 is 0 Å². The molecule has 0 aliphatic heterocycles. The van der Waals surface area contributed by atoms with E-state index in [2.05, 4.69) is 12.2 Å². The molecule has 0 radical (unpaired) electrons. The van der Waals surface area contributed by atoms with Gasteiger partial charge in [-0.15, -0.1) is 0 Å². The summed E-state index contributed by atoms with van der Waals surface area (Å²) >= 11 is 0. The van der Waals surface area contributed by atoms with Crippen LogP contribution in [0, 0.1) is 0 Å². The Morgan fingerprint density at radius 1 is 1.38 bits per heavy atom. The summed E-state index contributed by atoms with van der Waals surface area (Å²) in [5.41, 5.74) is 5.62. The predicted molar refractivity (Wildman–Crippen MR) is 55.4 cm³/mol. The highest BCUT2D eigenvalue weighted by atomic mass is 16.1. The molecule has 0 bridgehead atoms. The van der Waals surface area contributed by atoms with Gasteiger partial charge in [0.2, 0.25) is 5.91 Å². The second-order valence-corrected chi connectivity index (χ2v) is 3.67. The fraction of sp³-hybridized carbons (Fsp3) is 0.900. The number of carbonyl (C=O) groups excluding carboxylic acids is 1. The van der Waals surface area contributed by atoms with Crippen molar-refractivity contribution in [3.8, 4) is 0 Å². The standard InChI is InChI=1S/C10H22N2O/c1-4-5-6-7-10(13)12-9(3)8(2)11/h8-9H,4-7,11H2,1-3H3,(H,12,13). The molecule has 0 aliphatic carbocycles. The van der Waals surface area contributed by atoms with Crippen LogP contribution < -0.4 is 11.1 Å². The van der Waals surface area contributed by atoms with Crippen LogP contribution in [0.1, 0.15) is 46.5 Å². The first-order chi connectivity index (χ1) is 6.07. The average molecular weight is 186 g/mol. The molecular weight excluding hydrogens is 164 g/mol. The molecule has 0 saturated carbocycles. The summed E-state index contributed by atoms with van der Waals surface area (Å²) < 4.78 is 0. The minimum absolute atomic E-state index is 0.0233. The van der Waals surface area contributed by atoms with Crippen LogP contribution in [0.2, 0.25) is 0 Å². The Kier molecular flexibility index (Phi) is 6.59. The molecule has 3 nitrogen and oxygen atoms in total. The number of hydrogen-bond acceptors (Lipinski definition) is 2. The van der Waals surface area contributed by atoms with E-state index in [1.807, 2.05) is 13.8 Å². The van der Waals surface area contributed by atoms with Gasteiger partial charge < -0.3 is 11.1 Å². The molecule has 0 saturated heterocycles. The maximum Gasteiger partial charge on any atom is 0.220 e. The van der Waals surface area contributed by atoms with Crippen molar-refractivity contribution in [1.82, 2.24) is 5.32 Å². The summed E-state index contributed by atoms with van der Waals surface area (Å²) in [4.78, 5) is 11.3. The number of nitrogens with two attached hydrogens (primary N) is 1. The quantitative estimate of drug-likeness (QED) is 0.616. The van der Waals surface area contributed by atoms with Crippen LogP contribution in [0.15, 0.2) is 0 Å². The molecule has 13 heavy (non-hydrogen) atoms. The lowest BCUT2D eigenvalue weighted by Crippen LogP contribution is -2.43. The van der Waals surface area contributed by atoms with Crippen molar-refractivity contribution < 1.29 is 4.79 Å². The van der Waals surface area contributed by atoms with Crippen molar-refractivity contribution in [2.24, 2.45) is 5.73 Å². The molecule has 1 amide bonds. The zero-order chi connectivity index (χ0) is 10.3. The van der Waals surface area contributed by atoms with Crippen LogP contribution in [0.5, 0.6) is 0 Å². The van der Waals surface area contributed by atoms with Gasteiger partial charge in [-0.3, -0.25) is 4.79 Å². The van der Waals surface area contributed by atoms with Crippen LogP contribution in [0.3, 0.4) is 0 Å². The van der Waals surface area contributed by atoms with Gasteiger partial charge in [0.15, 0.2) is 0 Å². The predicted octanol–water partition coefficient (Wildman–Crippen LogP) is 1.42. The van der Waals surface area contributed by atoms with Gasteiger partial charge in [-0.1, -0.05) is 19.8 Å². The van der Waals surface area contributed by atoms with E-state index < -0.39 is 0 Å². The van der Waals surface area contributed by atoms with Crippen molar-refractivity contribution in [1.29, 1.82) is 0 Å². The van der Waals surface area contributed by atoms with Gasteiger partial charge in [-0.05, 0) is 20.3 Å². The van der Waals surface area contributed by atoms with Crippen LogP contribution in [-0.2, 0) is 4.79 Å². The molecule has 0 spiro atoms. The van der Waals surface area contributed by atoms with Crippen molar-refractivity contribution >= 4 is 5.91 Å². The summed E-state index contributed by atoms with van der Waals surface area (Å²) in [5.74, 6) is 0.123. The monoisotopic (exact) mass is 186 g/mol. The lowest BCUT2D eigenvalue weighted by atomic mass is 10.1. The van der Waals surface area contributed by atoms with Crippen LogP contribution in [0.4, 0.5) is 0 Å². The average Bonchev–Trinajstić information content (AvgIpc) is 2.04. The molecule has 2 atom stereocenters. The van der Waals surface area contributed by atoms with Gasteiger partial charge in [0.05, 0.1) is 0 Å². The van der Waals surface area contributed by atoms with Crippen molar-refractivity contribution in [2.45, 2.75) is 58.5 Å². The molecular formula is C10H22N2O. The van der Waals surface area contributed by atoms with E-state index in [1.54, 1.807) is 0 Å². The maximum absolute atomic E-state index is 11.3. The molecule has 78 valence electrons. The Labute approximate surface area is 81.1 Å². The number of rotatable bonds is 6. The lowest BCUT2D eigenvalue weighted by molar-refractivity contribution is -0.121. The first-order valence-electron chi connectivity index (χ1n) is 5.12. The summed E-state index contributed by atoms with van der Waals surface area (Å²) in [6.07, 6.45) is 3.88. The molecule has 2 unspecified atom stereocenters. The largest absolute Gasteiger partial charge is 0.352 e. The number of amides is 1. The molecule has 0 aromatic heterocycles. The van der Waals surface area contributed by atoms with Gasteiger partial charge >= 0.3 is 0 Å². The zero-order valence-electron chi connectivity index (χ0n) is 8.97. The number of carbonyl (C=O) groups is 1. The van der Waals surface area contributed by atoms with Gasteiger partial charge in [0.25, 0.3) is 0 Å². The zero-order valence-corrected chi connectivity index (χ0v) is 8.97. The third-order valence-electron chi connectivity index (χ3n) is 2.18. The third kappa shape index (κ3) is 6.58. The van der Waals surface area contributed by atoms with Crippen LogP contribution in [-0.4, -0.2) is 18.0 Å². The van der Waals surface area contributed by atoms with E-state index in [0.29, 0.717) is 6.42 Å². The normalized spacial score (nSPS) is 15.1. The van der Waals surface area contributed by atoms with Gasteiger partial charge in [0, 0.05) is 18.5 Å². The van der Waals surface area contributed by atoms with E-state index in [9.17, 15) is 4.79 Å². The Balaban J connectivity index is 3.50. The van der Waals surface area contributed by atoms with Gasteiger partial charge in [-0.2, -0.15) is 0 Å². The molecule has 0 aliphatic rings. The minimum Gasteiger partial charge on any atom is -0.352 e. The molecule has 0 rings (SSSR count). The minimum atomic E-state index is 0.0233. The van der Waals surface area contributed by atoms with Crippen molar-refractivity contribution in [3.05, 3.63) is 0 Å². The van der Waals surface area contributed by atoms with E-state index in [1.165, 1.54) is 0 Å². The highest BCUT2D eigenvalue weighted by Gasteiger charge is 2.09. The topological polar surface area (TPSA) is 55.1 Å². The fourth-order valence-electron chi connectivity index (χ4n) is 0.993. The van der Waals surface area contributed by atoms with Crippen molar-refractivity contribution in [3.63, 3.8) is 0 Å².